The van der Waals surface area contributed by atoms with Gasteiger partial charge in [-0.3, -0.25) is 15.3 Å². The summed E-state index contributed by atoms with van der Waals surface area (Å²) in [6, 6.07) is 15.0. The van der Waals surface area contributed by atoms with Crippen molar-refractivity contribution >= 4 is 60.8 Å². The number of rotatable bonds is 6. The second kappa shape index (κ2) is 12.2. The molecule has 2 N–H and O–H groups in total. The van der Waals surface area contributed by atoms with Crippen molar-refractivity contribution in [2.45, 2.75) is 0 Å². The van der Waals surface area contributed by atoms with Crippen molar-refractivity contribution in [3.05, 3.63) is 94.9 Å². The number of halogens is 1. The zero-order valence-corrected chi connectivity index (χ0v) is 22.2. The maximum absolute atomic E-state index is 4.49. The maximum Gasteiger partial charge on any atom is 0.228 e. The van der Waals surface area contributed by atoms with Crippen LogP contribution in [0.5, 0.6) is 0 Å². The minimum absolute atomic E-state index is 0.524. The van der Waals surface area contributed by atoms with Gasteiger partial charge in [0.25, 0.3) is 0 Å². The fraction of sp³-hybridized carbons (Fsp3) is 0. The van der Waals surface area contributed by atoms with E-state index in [0.717, 1.165) is 36.8 Å². The Bertz CT molecular complexity index is 1530. The first-order valence-electron chi connectivity index (χ1n) is 10.8. The molecule has 6 aromatic rings. The van der Waals surface area contributed by atoms with E-state index in [-0.39, 0.29) is 0 Å². The van der Waals surface area contributed by atoms with E-state index >= 15 is 0 Å². The van der Waals surface area contributed by atoms with Crippen LogP contribution in [0.3, 0.4) is 0 Å². The Hall–Kier alpha value is -4.20. The van der Waals surface area contributed by atoms with Crippen LogP contribution in [0.4, 0.5) is 22.2 Å². The van der Waals surface area contributed by atoms with E-state index < -0.39 is 0 Å². The van der Waals surface area contributed by atoms with Gasteiger partial charge in [-0.25, -0.2) is 29.9 Å². The molecule has 182 valence electrons. The highest BCUT2D eigenvalue weighted by atomic mass is 79.9. The normalized spacial score (nSPS) is 10.3. The molecular weight excluding hydrogens is 572 g/mol. The van der Waals surface area contributed by atoms with E-state index in [1.165, 1.54) is 22.7 Å². The van der Waals surface area contributed by atoms with E-state index in [2.05, 4.69) is 66.4 Å². The van der Waals surface area contributed by atoms with Crippen LogP contribution in [0.1, 0.15) is 0 Å². The number of nitrogens with zero attached hydrogens (tertiary/aromatic N) is 8. The molecular formula is C24H17BrN10S2. The zero-order chi connectivity index (χ0) is 25.3. The first-order chi connectivity index (χ1) is 18.2. The summed E-state index contributed by atoms with van der Waals surface area (Å²) in [6.45, 7) is 0. The van der Waals surface area contributed by atoms with Gasteiger partial charge in [0, 0.05) is 42.6 Å². The van der Waals surface area contributed by atoms with Crippen LogP contribution >= 0.6 is 38.6 Å². The van der Waals surface area contributed by atoms with Gasteiger partial charge >= 0.3 is 0 Å². The van der Waals surface area contributed by atoms with Crippen LogP contribution in [0.25, 0.3) is 22.8 Å². The zero-order valence-electron chi connectivity index (χ0n) is 18.9. The van der Waals surface area contributed by atoms with Crippen molar-refractivity contribution in [1.29, 1.82) is 0 Å². The average Bonchev–Trinajstić information content (AvgIpc) is 3.57. The molecule has 0 radical (unpaired) electrons. The average molecular weight is 590 g/mol. The van der Waals surface area contributed by atoms with E-state index in [9.17, 15) is 0 Å². The molecule has 6 aromatic heterocycles. The largest absolute Gasteiger partial charge is 0.300 e. The fourth-order valence-corrected chi connectivity index (χ4v) is 5.04. The Balaban J connectivity index is 0.000000152. The highest BCUT2D eigenvalue weighted by molar-refractivity contribution is 9.11. The molecule has 0 aliphatic heterocycles. The molecule has 0 bridgehead atoms. The topological polar surface area (TPSA) is 127 Å². The summed E-state index contributed by atoms with van der Waals surface area (Å²) >= 11 is 6.48. The van der Waals surface area contributed by atoms with Gasteiger partial charge in [-0.2, -0.15) is 0 Å². The van der Waals surface area contributed by atoms with Gasteiger partial charge in [-0.05, 0) is 52.3 Å². The second-order valence-electron chi connectivity index (χ2n) is 7.00. The second-order valence-corrected chi connectivity index (χ2v) is 10.2. The summed E-state index contributed by atoms with van der Waals surface area (Å²) in [6.07, 6.45) is 10.2. The highest BCUT2D eigenvalue weighted by Gasteiger charge is 2.12. The molecule has 0 spiro atoms. The molecule has 0 amide bonds. The summed E-state index contributed by atoms with van der Waals surface area (Å²) in [5, 5.41) is 9.54. The van der Waals surface area contributed by atoms with Crippen molar-refractivity contribution in [2.75, 3.05) is 10.6 Å². The number of aromatic nitrogens is 8. The fourth-order valence-electron chi connectivity index (χ4n) is 2.90. The molecule has 6 rings (SSSR count). The third-order valence-corrected chi connectivity index (χ3v) is 6.87. The van der Waals surface area contributed by atoms with E-state index in [1.54, 1.807) is 49.3 Å². The maximum atomic E-state index is 4.49. The van der Waals surface area contributed by atoms with Crippen LogP contribution < -0.4 is 10.6 Å². The van der Waals surface area contributed by atoms with Crippen LogP contribution in [0, 0.1) is 0 Å². The van der Waals surface area contributed by atoms with Crippen molar-refractivity contribution in [3.8, 4) is 22.8 Å². The molecule has 0 aromatic carbocycles. The number of nitrogens with one attached hydrogen (secondary N) is 2. The van der Waals surface area contributed by atoms with Gasteiger partial charge in [0.1, 0.15) is 15.2 Å². The van der Waals surface area contributed by atoms with Crippen LogP contribution in [-0.2, 0) is 0 Å². The molecule has 0 saturated carbocycles. The van der Waals surface area contributed by atoms with E-state index in [4.69, 9.17) is 0 Å². The quantitative estimate of drug-likeness (QED) is 0.230. The lowest BCUT2D eigenvalue weighted by Crippen LogP contribution is -1.95. The van der Waals surface area contributed by atoms with Gasteiger partial charge in [-0.1, -0.05) is 23.5 Å². The smallest absolute Gasteiger partial charge is 0.228 e. The molecule has 37 heavy (non-hydrogen) atoms. The standard InChI is InChI=1S/C12H8BrN5S.C12H9N5S/c13-10-9(8-4-1-2-5-14-8)17-12(19-10)18-11-15-6-3-7-16-11;1-2-5-13-9(4-1)10-8-18-12(16-10)17-11-14-6-3-7-15-11/h1-7H,(H,15,16,17,18);1-8H,(H,14,15,16,17). The van der Waals surface area contributed by atoms with Crippen molar-refractivity contribution in [2.24, 2.45) is 0 Å². The number of thiazole rings is 2. The summed E-state index contributed by atoms with van der Waals surface area (Å²) in [5.41, 5.74) is 3.34. The SMILES string of the molecule is Brc1sc(Nc2ncccn2)nc1-c1ccccn1.c1ccc(-c2csc(Nc3ncccn3)n2)nc1. The Labute approximate surface area is 228 Å². The molecule has 0 unspecified atom stereocenters. The van der Waals surface area contributed by atoms with Crippen LogP contribution in [0.15, 0.2) is 94.9 Å². The van der Waals surface area contributed by atoms with Crippen LogP contribution in [-0.4, -0.2) is 39.9 Å². The lowest BCUT2D eigenvalue weighted by atomic mass is 10.3. The highest BCUT2D eigenvalue weighted by Crippen LogP contribution is 2.35. The Morgan fingerprint density at radius 1 is 0.568 bits per heavy atom. The summed E-state index contributed by atoms with van der Waals surface area (Å²) in [5.74, 6) is 1.07. The van der Waals surface area contributed by atoms with Gasteiger partial charge < -0.3 is 5.32 Å². The molecule has 0 atom stereocenters. The number of anilines is 4. The lowest BCUT2D eigenvalue weighted by Gasteiger charge is -1.98. The monoisotopic (exact) mass is 588 g/mol. The van der Waals surface area contributed by atoms with Crippen molar-refractivity contribution < 1.29 is 0 Å². The van der Waals surface area contributed by atoms with E-state index in [1.807, 2.05) is 41.8 Å². The van der Waals surface area contributed by atoms with Gasteiger partial charge in [0.15, 0.2) is 10.3 Å². The number of hydrogen-bond acceptors (Lipinski definition) is 12. The minimum atomic E-state index is 0.524. The third kappa shape index (κ3) is 6.73. The molecule has 0 fully saturated rings. The summed E-state index contributed by atoms with van der Waals surface area (Å²) in [4.78, 5) is 33.8. The predicted octanol–water partition coefficient (Wildman–Crippen LogP) is 6.24. The minimum Gasteiger partial charge on any atom is -0.300 e. The first kappa shape index (κ1) is 24.5. The van der Waals surface area contributed by atoms with Gasteiger partial charge in [-0.15, -0.1) is 11.3 Å². The van der Waals surface area contributed by atoms with Crippen LogP contribution in [0.2, 0.25) is 0 Å². The van der Waals surface area contributed by atoms with Crippen molar-refractivity contribution in [3.63, 3.8) is 0 Å². The van der Waals surface area contributed by atoms with Gasteiger partial charge in [0.05, 0.1) is 11.4 Å². The predicted molar refractivity (Wildman–Crippen MR) is 149 cm³/mol. The molecule has 0 aliphatic carbocycles. The lowest BCUT2D eigenvalue weighted by molar-refractivity contribution is 1.16. The Morgan fingerprint density at radius 2 is 1.14 bits per heavy atom. The first-order valence-corrected chi connectivity index (χ1v) is 13.3. The summed E-state index contributed by atoms with van der Waals surface area (Å²) < 4.78 is 0.921. The molecule has 6 heterocycles. The van der Waals surface area contributed by atoms with Crippen molar-refractivity contribution in [1.82, 2.24) is 39.9 Å². The van der Waals surface area contributed by atoms with E-state index in [0.29, 0.717) is 11.9 Å². The Kier molecular flexibility index (Phi) is 8.05. The van der Waals surface area contributed by atoms with Gasteiger partial charge in [0.2, 0.25) is 11.9 Å². The number of hydrogen-bond donors (Lipinski definition) is 2. The Morgan fingerprint density at radius 3 is 1.73 bits per heavy atom. The third-order valence-electron chi connectivity index (χ3n) is 4.49. The summed E-state index contributed by atoms with van der Waals surface area (Å²) in [7, 11) is 0. The molecule has 13 heteroatoms. The number of pyridine rings is 2. The molecule has 10 nitrogen and oxygen atoms in total. The molecule has 0 aliphatic rings. The molecule has 0 saturated heterocycles.